The fraction of sp³-hybridized carbons (Fsp3) is 0.160. The third-order valence-corrected chi connectivity index (χ3v) is 6.46. The van der Waals surface area contributed by atoms with Crippen LogP contribution in [0.3, 0.4) is 0 Å². The maximum absolute atomic E-state index is 13.5. The Morgan fingerprint density at radius 2 is 1.85 bits per heavy atom. The molecule has 33 heavy (non-hydrogen) atoms. The second-order valence-electron chi connectivity index (χ2n) is 7.38. The molecule has 1 heterocycles. The van der Waals surface area contributed by atoms with E-state index in [1.54, 1.807) is 30.3 Å². The van der Waals surface area contributed by atoms with E-state index in [-0.39, 0.29) is 17.2 Å². The summed E-state index contributed by atoms with van der Waals surface area (Å²) in [4.78, 5) is 30.7. The SMILES string of the molecule is COc1cc(Cl)c(C)cc1-n1c(SCC(=O)NCc2ccccc2)nc2ccccc2c1=O. The molecule has 8 heteroatoms. The molecule has 0 spiro atoms. The molecule has 4 aromatic rings. The Morgan fingerprint density at radius 3 is 2.61 bits per heavy atom. The molecule has 1 N–H and O–H groups in total. The van der Waals surface area contributed by atoms with E-state index in [0.29, 0.717) is 39.1 Å². The van der Waals surface area contributed by atoms with Crippen LogP contribution in [0, 0.1) is 6.92 Å². The summed E-state index contributed by atoms with van der Waals surface area (Å²) in [5.74, 6) is 0.393. The number of benzene rings is 3. The number of hydrogen-bond acceptors (Lipinski definition) is 5. The van der Waals surface area contributed by atoms with Gasteiger partial charge in [-0.3, -0.25) is 14.2 Å². The number of thioether (sulfide) groups is 1. The van der Waals surface area contributed by atoms with Gasteiger partial charge in [-0.1, -0.05) is 65.8 Å². The first kappa shape index (κ1) is 22.9. The van der Waals surface area contributed by atoms with E-state index in [2.05, 4.69) is 10.3 Å². The van der Waals surface area contributed by atoms with Crippen LogP contribution in [0.2, 0.25) is 5.02 Å². The van der Waals surface area contributed by atoms with Gasteiger partial charge in [-0.2, -0.15) is 0 Å². The van der Waals surface area contributed by atoms with Gasteiger partial charge in [0.25, 0.3) is 5.56 Å². The predicted octanol–water partition coefficient (Wildman–Crippen LogP) is 4.76. The van der Waals surface area contributed by atoms with E-state index in [1.165, 1.54) is 23.4 Å². The van der Waals surface area contributed by atoms with Crippen molar-refractivity contribution < 1.29 is 9.53 Å². The van der Waals surface area contributed by atoms with Crippen molar-refractivity contribution in [1.82, 2.24) is 14.9 Å². The van der Waals surface area contributed by atoms with Crippen molar-refractivity contribution in [2.45, 2.75) is 18.6 Å². The Kier molecular flexibility index (Phi) is 7.01. The van der Waals surface area contributed by atoms with E-state index in [0.717, 1.165) is 11.1 Å². The van der Waals surface area contributed by atoms with Crippen molar-refractivity contribution in [2.24, 2.45) is 0 Å². The molecule has 0 bridgehead atoms. The number of hydrogen-bond donors (Lipinski definition) is 1. The quantitative estimate of drug-likeness (QED) is 0.305. The van der Waals surface area contributed by atoms with Gasteiger partial charge in [0.05, 0.1) is 29.5 Å². The van der Waals surface area contributed by atoms with Crippen LogP contribution in [0.4, 0.5) is 0 Å². The molecule has 0 aliphatic rings. The largest absolute Gasteiger partial charge is 0.495 e. The maximum atomic E-state index is 13.5. The summed E-state index contributed by atoms with van der Waals surface area (Å²) in [6, 6.07) is 20.3. The highest BCUT2D eigenvalue weighted by Crippen LogP contribution is 2.32. The fourth-order valence-corrected chi connectivity index (χ4v) is 4.37. The number of aryl methyl sites for hydroxylation is 1. The third kappa shape index (κ3) is 5.05. The highest BCUT2D eigenvalue weighted by molar-refractivity contribution is 7.99. The first-order valence-corrected chi connectivity index (χ1v) is 11.6. The van der Waals surface area contributed by atoms with Crippen molar-refractivity contribution in [3.8, 4) is 11.4 Å². The molecule has 0 fully saturated rings. The molecule has 168 valence electrons. The number of halogens is 1. The van der Waals surface area contributed by atoms with Crippen molar-refractivity contribution >= 4 is 40.2 Å². The number of carbonyl (C=O) groups is 1. The van der Waals surface area contributed by atoms with E-state index >= 15 is 0 Å². The molecule has 0 atom stereocenters. The minimum Gasteiger partial charge on any atom is -0.495 e. The fourth-order valence-electron chi connectivity index (χ4n) is 3.39. The number of rotatable bonds is 7. The van der Waals surface area contributed by atoms with Crippen molar-refractivity contribution in [3.63, 3.8) is 0 Å². The summed E-state index contributed by atoms with van der Waals surface area (Å²) in [6.07, 6.45) is 0. The Balaban J connectivity index is 1.70. The lowest BCUT2D eigenvalue weighted by Gasteiger charge is -2.17. The van der Waals surface area contributed by atoms with Gasteiger partial charge in [-0.05, 0) is 36.2 Å². The lowest BCUT2D eigenvalue weighted by Crippen LogP contribution is -2.26. The standard InChI is InChI=1S/C25H22ClN3O3S/c1-16-12-21(22(32-2)13-19(16)26)29-24(31)18-10-6-7-11-20(18)28-25(29)33-15-23(30)27-14-17-8-4-3-5-9-17/h3-13H,14-15H2,1-2H3,(H,27,30). The smallest absolute Gasteiger partial charge is 0.266 e. The number of nitrogens with zero attached hydrogens (tertiary/aromatic N) is 2. The Labute approximate surface area is 200 Å². The first-order valence-electron chi connectivity index (χ1n) is 10.3. The van der Waals surface area contributed by atoms with E-state index in [1.807, 2.05) is 43.3 Å². The van der Waals surface area contributed by atoms with Gasteiger partial charge in [0.2, 0.25) is 5.91 Å². The van der Waals surface area contributed by atoms with Crippen LogP contribution in [0.1, 0.15) is 11.1 Å². The molecule has 0 radical (unpaired) electrons. The topological polar surface area (TPSA) is 73.2 Å². The molecule has 1 aromatic heterocycles. The number of nitrogens with one attached hydrogen (secondary N) is 1. The summed E-state index contributed by atoms with van der Waals surface area (Å²) < 4.78 is 7.00. The number of para-hydroxylation sites is 1. The van der Waals surface area contributed by atoms with Crippen LogP contribution in [0.15, 0.2) is 76.7 Å². The zero-order valence-corrected chi connectivity index (χ0v) is 19.7. The van der Waals surface area contributed by atoms with Gasteiger partial charge in [0.15, 0.2) is 5.16 Å². The van der Waals surface area contributed by atoms with Gasteiger partial charge >= 0.3 is 0 Å². The summed E-state index contributed by atoms with van der Waals surface area (Å²) in [7, 11) is 1.52. The molecule has 1 amide bonds. The Hall–Kier alpha value is -3.29. The number of ether oxygens (including phenoxy) is 1. The van der Waals surface area contributed by atoms with Crippen LogP contribution in [0.25, 0.3) is 16.6 Å². The molecular formula is C25H22ClN3O3S. The first-order chi connectivity index (χ1) is 16.0. The van der Waals surface area contributed by atoms with Crippen LogP contribution in [0.5, 0.6) is 5.75 Å². The molecular weight excluding hydrogens is 458 g/mol. The van der Waals surface area contributed by atoms with Crippen molar-refractivity contribution in [2.75, 3.05) is 12.9 Å². The molecule has 0 saturated carbocycles. The lowest BCUT2D eigenvalue weighted by molar-refractivity contribution is -0.118. The second kappa shape index (κ2) is 10.1. The maximum Gasteiger partial charge on any atom is 0.266 e. The zero-order chi connectivity index (χ0) is 23.4. The predicted molar refractivity (Wildman–Crippen MR) is 133 cm³/mol. The van der Waals surface area contributed by atoms with Gasteiger partial charge < -0.3 is 10.1 Å². The molecule has 0 unspecified atom stereocenters. The molecule has 4 rings (SSSR count). The molecule has 0 saturated heterocycles. The molecule has 0 aliphatic carbocycles. The number of amides is 1. The highest BCUT2D eigenvalue weighted by Gasteiger charge is 2.18. The Bertz CT molecular complexity index is 1370. The number of carbonyl (C=O) groups excluding carboxylic acids is 1. The van der Waals surface area contributed by atoms with Crippen molar-refractivity contribution in [1.29, 1.82) is 0 Å². The number of fused-ring (bicyclic) bond motifs is 1. The number of methoxy groups -OCH3 is 1. The van der Waals surface area contributed by atoms with Crippen LogP contribution >= 0.6 is 23.4 Å². The van der Waals surface area contributed by atoms with E-state index in [9.17, 15) is 9.59 Å². The minimum atomic E-state index is -0.243. The average molecular weight is 480 g/mol. The van der Waals surface area contributed by atoms with E-state index in [4.69, 9.17) is 16.3 Å². The summed E-state index contributed by atoms with van der Waals surface area (Å²) in [6.45, 7) is 2.29. The van der Waals surface area contributed by atoms with Crippen LogP contribution in [-0.4, -0.2) is 28.3 Å². The van der Waals surface area contributed by atoms with Crippen LogP contribution < -0.4 is 15.6 Å². The van der Waals surface area contributed by atoms with E-state index < -0.39 is 0 Å². The van der Waals surface area contributed by atoms with Crippen molar-refractivity contribution in [3.05, 3.63) is 93.2 Å². The van der Waals surface area contributed by atoms with Gasteiger partial charge in [-0.15, -0.1) is 0 Å². The Morgan fingerprint density at radius 1 is 1.12 bits per heavy atom. The molecule has 3 aromatic carbocycles. The third-order valence-electron chi connectivity index (χ3n) is 5.11. The van der Waals surface area contributed by atoms with Gasteiger partial charge in [0.1, 0.15) is 5.75 Å². The zero-order valence-electron chi connectivity index (χ0n) is 18.2. The molecule has 0 aliphatic heterocycles. The van der Waals surface area contributed by atoms with Crippen LogP contribution in [-0.2, 0) is 11.3 Å². The summed E-state index contributed by atoms with van der Waals surface area (Å²) >= 11 is 7.47. The lowest BCUT2D eigenvalue weighted by atomic mass is 10.2. The second-order valence-corrected chi connectivity index (χ2v) is 8.73. The minimum absolute atomic E-state index is 0.104. The normalized spacial score (nSPS) is 10.9. The highest BCUT2D eigenvalue weighted by atomic mass is 35.5. The molecule has 6 nitrogen and oxygen atoms in total. The average Bonchev–Trinajstić information content (AvgIpc) is 2.84. The summed E-state index contributed by atoms with van der Waals surface area (Å²) in [5.41, 5.74) is 2.65. The van der Waals surface area contributed by atoms with Gasteiger partial charge in [0, 0.05) is 17.6 Å². The number of aromatic nitrogens is 2. The monoisotopic (exact) mass is 479 g/mol. The summed E-state index contributed by atoms with van der Waals surface area (Å²) in [5, 5.41) is 4.31. The van der Waals surface area contributed by atoms with Gasteiger partial charge in [-0.25, -0.2) is 4.98 Å².